The number of benzene rings is 1. The average Bonchev–Trinajstić information content (AvgIpc) is 2.31. The van der Waals surface area contributed by atoms with Crippen molar-refractivity contribution in [1.29, 1.82) is 0 Å². The van der Waals surface area contributed by atoms with Gasteiger partial charge in [0.2, 0.25) is 0 Å². The summed E-state index contributed by atoms with van der Waals surface area (Å²) in [4.78, 5) is 2.22. The first-order chi connectivity index (χ1) is 7.69. The third kappa shape index (κ3) is 3.59. The van der Waals surface area contributed by atoms with E-state index in [9.17, 15) is 0 Å². The number of nitrogens with zero attached hydrogens (tertiary/aromatic N) is 1. The minimum absolute atomic E-state index is 0.186. The summed E-state index contributed by atoms with van der Waals surface area (Å²) in [5.41, 5.74) is 1.29. The van der Waals surface area contributed by atoms with Gasteiger partial charge in [-0.15, -0.1) is 0 Å². The van der Waals surface area contributed by atoms with Crippen LogP contribution in [0.3, 0.4) is 0 Å². The second-order valence-electron chi connectivity index (χ2n) is 3.98. The molecular formula is C13H21NO2. The molecule has 0 amide bonds. The molecule has 0 N–H and O–H groups in total. The van der Waals surface area contributed by atoms with E-state index in [0.717, 1.165) is 6.54 Å². The number of rotatable bonds is 6. The molecule has 0 heterocycles. The highest BCUT2D eigenvalue weighted by atomic mass is 16.7. The Morgan fingerprint density at radius 1 is 1.12 bits per heavy atom. The van der Waals surface area contributed by atoms with Crippen LogP contribution in [0.5, 0.6) is 0 Å². The molecule has 1 rings (SSSR count). The lowest BCUT2D eigenvalue weighted by Crippen LogP contribution is -2.40. The summed E-state index contributed by atoms with van der Waals surface area (Å²) in [6, 6.07) is 10.6. The first-order valence-corrected chi connectivity index (χ1v) is 5.48. The third-order valence-corrected chi connectivity index (χ3v) is 2.83. The maximum absolute atomic E-state index is 5.26. The van der Waals surface area contributed by atoms with Gasteiger partial charge >= 0.3 is 0 Å². The quantitative estimate of drug-likeness (QED) is 0.690. The van der Waals surface area contributed by atoms with Gasteiger partial charge in [-0.3, -0.25) is 4.90 Å². The van der Waals surface area contributed by atoms with Crippen LogP contribution in [0.25, 0.3) is 0 Å². The lowest BCUT2D eigenvalue weighted by Gasteiger charge is -2.29. The fourth-order valence-corrected chi connectivity index (χ4v) is 1.71. The first kappa shape index (κ1) is 13.2. The lowest BCUT2D eigenvalue weighted by molar-refractivity contribution is -0.140. The Kier molecular flexibility index (Phi) is 5.46. The molecule has 90 valence electrons. The summed E-state index contributed by atoms with van der Waals surface area (Å²) in [6.45, 7) is 2.99. The Morgan fingerprint density at radius 2 is 1.69 bits per heavy atom. The minimum Gasteiger partial charge on any atom is -0.354 e. The zero-order valence-electron chi connectivity index (χ0n) is 10.5. The Labute approximate surface area is 98.0 Å². The molecule has 0 radical (unpaired) electrons. The maximum Gasteiger partial charge on any atom is 0.171 e. The Bertz CT molecular complexity index is 285. The minimum atomic E-state index is -0.186. The lowest BCUT2D eigenvalue weighted by atomic mass is 10.2. The summed E-state index contributed by atoms with van der Waals surface area (Å²) >= 11 is 0. The standard InChI is InChI=1S/C13H21NO2/c1-11(13(15-3)16-4)14(2)10-12-8-6-5-7-9-12/h5-9,11,13H,10H2,1-4H3. The van der Waals surface area contributed by atoms with Crippen molar-refractivity contribution in [2.75, 3.05) is 21.3 Å². The van der Waals surface area contributed by atoms with Gasteiger partial charge in [0.05, 0.1) is 6.04 Å². The van der Waals surface area contributed by atoms with E-state index in [2.05, 4.69) is 43.1 Å². The van der Waals surface area contributed by atoms with E-state index in [4.69, 9.17) is 9.47 Å². The van der Waals surface area contributed by atoms with Crippen molar-refractivity contribution in [1.82, 2.24) is 4.90 Å². The predicted molar refractivity (Wildman–Crippen MR) is 65.2 cm³/mol. The van der Waals surface area contributed by atoms with E-state index in [1.165, 1.54) is 5.56 Å². The predicted octanol–water partition coefficient (Wildman–Crippen LogP) is 2.13. The molecule has 0 fully saturated rings. The summed E-state index contributed by atoms with van der Waals surface area (Å²) in [5.74, 6) is 0. The first-order valence-electron chi connectivity index (χ1n) is 5.48. The van der Waals surface area contributed by atoms with Crippen LogP contribution in [0.15, 0.2) is 30.3 Å². The topological polar surface area (TPSA) is 21.7 Å². The van der Waals surface area contributed by atoms with Crippen LogP contribution in [-0.2, 0) is 16.0 Å². The highest BCUT2D eigenvalue weighted by Crippen LogP contribution is 2.10. The molecular weight excluding hydrogens is 202 g/mol. The molecule has 0 saturated heterocycles. The molecule has 16 heavy (non-hydrogen) atoms. The molecule has 0 bridgehead atoms. The van der Waals surface area contributed by atoms with Crippen molar-refractivity contribution < 1.29 is 9.47 Å². The molecule has 1 unspecified atom stereocenters. The summed E-state index contributed by atoms with van der Waals surface area (Å²) in [6.07, 6.45) is -0.186. The number of ether oxygens (including phenoxy) is 2. The van der Waals surface area contributed by atoms with Crippen molar-refractivity contribution in [3.05, 3.63) is 35.9 Å². The highest BCUT2D eigenvalue weighted by molar-refractivity contribution is 5.14. The normalized spacial score (nSPS) is 13.4. The zero-order chi connectivity index (χ0) is 12.0. The van der Waals surface area contributed by atoms with Gasteiger partial charge in [0.25, 0.3) is 0 Å². The second kappa shape index (κ2) is 6.63. The van der Waals surface area contributed by atoms with E-state index in [1.54, 1.807) is 14.2 Å². The van der Waals surface area contributed by atoms with Gasteiger partial charge in [-0.2, -0.15) is 0 Å². The molecule has 1 aromatic carbocycles. The summed E-state index contributed by atoms with van der Waals surface area (Å²) in [7, 11) is 5.41. The highest BCUT2D eigenvalue weighted by Gasteiger charge is 2.20. The average molecular weight is 223 g/mol. The molecule has 3 nitrogen and oxygen atoms in total. The van der Waals surface area contributed by atoms with E-state index in [-0.39, 0.29) is 12.3 Å². The molecule has 0 aliphatic rings. The number of likely N-dealkylation sites (N-methyl/N-ethyl adjacent to an activating group) is 1. The molecule has 0 aromatic heterocycles. The smallest absolute Gasteiger partial charge is 0.171 e. The fraction of sp³-hybridized carbons (Fsp3) is 0.538. The largest absolute Gasteiger partial charge is 0.354 e. The Hall–Kier alpha value is -0.900. The number of hydrogen-bond acceptors (Lipinski definition) is 3. The van der Waals surface area contributed by atoms with Crippen molar-refractivity contribution in [2.45, 2.75) is 25.8 Å². The number of hydrogen-bond donors (Lipinski definition) is 0. The van der Waals surface area contributed by atoms with E-state index in [0.29, 0.717) is 0 Å². The molecule has 0 aliphatic carbocycles. The zero-order valence-corrected chi connectivity index (χ0v) is 10.5. The van der Waals surface area contributed by atoms with Crippen LogP contribution in [0.2, 0.25) is 0 Å². The van der Waals surface area contributed by atoms with Crippen LogP contribution >= 0.6 is 0 Å². The number of methoxy groups -OCH3 is 2. The van der Waals surface area contributed by atoms with Gasteiger partial charge in [0.15, 0.2) is 6.29 Å². The van der Waals surface area contributed by atoms with E-state index < -0.39 is 0 Å². The second-order valence-corrected chi connectivity index (χ2v) is 3.98. The monoisotopic (exact) mass is 223 g/mol. The van der Waals surface area contributed by atoms with E-state index in [1.807, 2.05) is 6.07 Å². The van der Waals surface area contributed by atoms with E-state index >= 15 is 0 Å². The third-order valence-electron chi connectivity index (χ3n) is 2.83. The van der Waals surface area contributed by atoms with Gasteiger partial charge in [0.1, 0.15) is 0 Å². The molecule has 0 aliphatic heterocycles. The van der Waals surface area contributed by atoms with Crippen LogP contribution < -0.4 is 0 Å². The summed E-state index contributed by atoms with van der Waals surface area (Å²) in [5, 5.41) is 0. The SMILES string of the molecule is COC(OC)C(C)N(C)Cc1ccccc1. The van der Waals surface area contributed by atoms with Crippen LogP contribution in [0, 0.1) is 0 Å². The van der Waals surface area contributed by atoms with Crippen LogP contribution in [0.4, 0.5) is 0 Å². The van der Waals surface area contributed by atoms with Crippen LogP contribution in [-0.4, -0.2) is 38.5 Å². The Morgan fingerprint density at radius 3 is 2.19 bits per heavy atom. The van der Waals surface area contributed by atoms with Gasteiger partial charge in [-0.25, -0.2) is 0 Å². The van der Waals surface area contributed by atoms with Crippen molar-refractivity contribution >= 4 is 0 Å². The maximum atomic E-state index is 5.26. The molecule has 1 atom stereocenters. The van der Waals surface area contributed by atoms with Gasteiger partial charge in [-0.1, -0.05) is 30.3 Å². The van der Waals surface area contributed by atoms with Crippen molar-refractivity contribution in [2.24, 2.45) is 0 Å². The molecule has 3 heteroatoms. The molecule has 0 saturated carbocycles. The molecule has 1 aromatic rings. The fourth-order valence-electron chi connectivity index (χ4n) is 1.71. The molecule has 0 spiro atoms. The van der Waals surface area contributed by atoms with Gasteiger partial charge < -0.3 is 9.47 Å². The van der Waals surface area contributed by atoms with Gasteiger partial charge in [-0.05, 0) is 19.5 Å². The summed E-state index contributed by atoms with van der Waals surface area (Å²) < 4.78 is 10.5. The van der Waals surface area contributed by atoms with Crippen molar-refractivity contribution in [3.63, 3.8) is 0 Å². The van der Waals surface area contributed by atoms with Crippen molar-refractivity contribution in [3.8, 4) is 0 Å². The van der Waals surface area contributed by atoms with Crippen LogP contribution in [0.1, 0.15) is 12.5 Å². The van der Waals surface area contributed by atoms with Gasteiger partial charge in [0, 0.05) is 20.8 Å². The Balaban J connectivity index is 2.54.